The van der Waals surface area contributed by atoms with E-state index in [2.05, 4.69) is 4.98 Å². The van der Waals surface area contributed by atoms with Crippen molar-refractivity contribution in [1.82, 2.24) is 4.98 Å². The lowest BCUT2D eigenvalue weighted by Gasteiger charge is -2.08. The fourth-order valence-corrected chi connectivity index (χ4v) is 2.24. The summed E-state index contributed by atoms with van der Waals surface area (Å²) >= 11 is 0. The van der Waals surface area contributed by atoms with Gasteiger partial charge in [0.05, 0.1) is 17.2 Å². The van der Waals surface area contributed by atoms with E-state index in [-0.39, 0.29) is 11.4 Å². The summed E-state index contributed by atoms with van der Waals surface area (Å²) in [6, 6.07) is 14.7. The number of carboxylic acid groups (broad SMARTS) is 1. The summed E-state index contributed by atoms with van der Waals surface area (Å²) in [5, 5.41) is 11.8. The van der Waals surface area contributed by atoms with E-state index in [4.69, 9.17) is 0 Å². The van der Waals surface area contributed by atoms with Crippen molar-refractivity contribution in [1.29, 1.82) is 0 Å². The summed E-state index contributed by atoms with van der Waals surface area (Å²) in [4.78, 5) is 15.6. The Morgan fingerprint density at radius 2 is 1.77 bits per heavy atom. The molecule has 0 aliphatic rings. The molecule has 0 aliphatic heterocycles. The Morgan fingerprint density at radius 3 is 2.55 bits per heavy atom. The highest BCUT2D eigenvalue weighted by Gasteiger charge is 2.05. The lowest BCUT2D eigenvalue weighted by Crippen LogP contribution is -2.22. The zero-order chi connectivity index (χ0) is 15.5. The quantitative estimate of drug-likeness (QED) is 0.746. The highest BCUT2D eigenvalue weighted by Crippen LogP contribution is 2.19. The molecule has 1 heterocycles. The van der Waals surface area contributed by atoms with Gasteiger partial charge in [0.2, 0.25) is 0 Å². The highest BCUT2D eigenvalue weighted by molar-refractivity contribution is 6.02. The number of para-hydroxylation sites is 1. The maximum Gasteiger partial charge on any atom is 0.130 e. The van der Waals surface area contributed by atoms with Crippen molar-refractivity contribution in [2.45, 2.75) is 0 Å². The molecule has 0 saturated heterocycles. The first-order valence-corrected chi connectivity index (χ1v) is 6.69. The lowest BCUT2D eigenvalue weighted by atomic mass is 10.1. The SMILES string of the molecule is O=C([O-])c1cc(/C=C/c2ccccc2F)nc2ccccc12. The van der Waals surface area contributed by atoms with Crippen molar-refractivity contribution in [3.8, 4) is 0 Å². The minimum Gasteiger partial charge on any atom is -0.545 e. The summed E-state index contributed by atoms with van der Waals surface area (Å²) in [5.41, 5.74) is 1.46. The Kier molecular flexibility index (Phi) is 3.66. The molecule has 0 aliphatic carbocycles. The Hall–Kier alpha value is -3.01. The number of pyridine rings is 1. The van der Waals surface area contributed by atoms with Crippen LogP contribution in [0, 0.1) is 5.82 Å². The van der Waals surface area contributed by atoms with Gasteiger partial charge in [-0.25, -0.2) is 9.37 Å². The monoisotopic (exact) mass is 292 g/mol. The molecule has 4 heteroatoms. The van der Waals surface area contributed by atoms with E-state index in [1.54, 1.807) is 54.6 Å². The molecule has 0 bridgehead atoms. The van der Waals surface area contributed by atoms with Crippen LogP contribution in [0.1, 0.15) is 21.6 Å². The second-order valence-electron chi connectivity index (χ2n) is 4.75. The molecule has 0 radical (unpaired) electrons. The number of hydrogen-bond donors (Lipinski definition) is 0. The van der Waals surface area contributed by atoms with Crippen molar-refractivity contribution in [2.24, 2.45) is 0 Å². The van der Waals surface area contributed by atoms with Gasteiger partial charge in [-0.2, -0.15) is 0 Å². The van der Waals surface area contributed by atoms with Gasteiger partial charge >= 0.3 is 0 Å². The fourth-order valence-electron chi connectivity index (χ4n) is 2.24. The Morgan fingerprint density at radius 1 is 1.05 bits per heavy atom. The maximum atomic E-state index is 13.6. The minimum absolute atomic E-state index is 0.0683. The zero-order valence-electron chi connectivity index (χ0n) is 11.5. The number of benzene rings is 2. The number of rotatable bonds is 3. The van der Waals surface area contributed by atoms with Crippen LogP contribution < -0.4 is 5.11 Å². The molecule has 0 amide bonds. The van der Waals surface area contributed by atoms with Crippen LogP contribution in [0.15, 0.2) is 54.6 Å². The normalized spacial score (nSPS) is 11.1. The smallest absolute Gasteiger partial charge is 0.130 e. The van der Waals surface area contributed by atoms with Crippen molar-refractivity contribution in [3.63, 3.8) is 0 Å². The molecular formula is C18H11FNO2-. The summed E-state index contributed by atoms with van der Waals surface area (Å²) in [7, 11) is 0. The highest BCUT2D eigenvalue weighted by atomic mass is 19.1. The Bertz CT molecular complexity index is 887. The van der Waals surface area contributed by atoms with Gasteiger partial charge in [-0.3, -0.25) is 0 Å². The zero-order valence-corrected chi connectivity index (χ0v) is 11.5. The number of carbonyl (C=O) groups excluding carboxylic acids is 1. The lowest BCUT2D eigenvalue weighted by molar-refractivity contribution is -0.254. The molecule has 22 heavy (non-hydrogen) atoms. The number of aromatic carboxylic acids is 1. The third-order valence-corrected chi connectivity index (χ3v) is 3.29. The average molecular weight is 292 g/mol. The van der Waals surface area contributed by atoms with Crippen LogP contribution in [-0.4, -0.2) is 11.0 Å². The number of fused-ring (bicyclic) bond motifs is 1. The number of aromatic nitrogens is 1. The second-order valence-corrected chi connectivity index (χ2v) is 4.75. The van der Waals surface area contributed by atoms with E-state index in [0.717, 1.165) is 0 Å². The van der Waals surface area contributed by atoms with E-state index in [0.29, 0.717) is 22.2 Å². The molecular weight excluding hydrogens is 281 g/mol. The number of carboxylic acids is 1. The number of nitrogens with zero attached hydrogens (tertiary/aromatic N) is 1. The maximum absolute atomic E-state index is 13.6. The molecule has 0 unspecified atom stereocenters. The Balaban J connectivity index is 2.08. The van der Waals surface area contributed by atoms with E-state index in [1.807, 2.05) is 0 Å². The third-order valence-electron chi connectivity index (χ3n) is 3.29. The average Bonchev–Trinajstić information content (AvgIpc) is 2.53. The van der Waals surface area contributed by atoms with Gasteiger partial charge in [-0.05, 0) is 30.4 Å². The predicted molar refractivity (Wildman–Crippen MR) is 81.4 cm³/mol. The first-order chi connectivity index (χ1) is 10.6. The van der Waals surface area contributed by atoms with Gasteiger partial charge in [0.1, 0.15) is 5.82 Å². The summed E-state index contributed by atoms with van der Waals surface area (Å²) in [6.07, 6.45) is 3.14. The molecule has 0 fully saturated rings. The van der Waals surface area contributed by atoms with Crippen LogP contribution >= 0.6 is 0 Å². The molecule has 0 N–H and O–H groups in total. The van der Waals surface area contributed by atoms with Gasteiger partial charge in [-0.1, -0.05) is 36.4 Å². The number of halogens is 1. The third kappa shape index (κ3) is 2.72. The van der Waals surface area contributed by atoms with Crippen molar-refractivity contribution >= 4 is 29.0 Å². The predicted octanol–water partition coefficient (Wildman–Crippen LogP) is 2.91. The molecule has 108 valence electrons. The molecule has 3 rings (SSSR count). The largest absolute Gasteiger partial charge is 0.545 e. The van der Waals surface area contributed by atoms with Crippen LogP contribution in [0.5, 0.6) is 0 Å². The second kappa shape index (κ2) is 5.77. The van der Waals surface area contributed by atoms with Crippen LogP contribution in [-0.2, 0) is 0 Å². The molecule has 2 aromatic carbocycles. The number of hydrogen-bond acceptors (Lipinski definition) is 3. The topological polar surface area (TPSA) is 53.0 Å². The van der Waals surface area contributed by atoms with Crippen molar-refractivity contribution < 1.29 is 14.3 Å². The summed E-state index contributed by atoms with van der Waals surface area (Å²) < 4.78 is 13.6. The van der Waals surface area contributed by atoms with Gasteiger partial charge in [0.15, 0.2) is 0 Å². The van der Waals surface area contributed by atoms with Crippen LogP contribution in [0.2, 0.25) is 0 Å². The van der Waals surface area contributed by atoms with E-state index >= 15 is 0 Å². The van der Waals surface area contributed by atoms with Gasteiger partial charge < -0.3 is 9.90 Å². The van der Waals surface area contributed by atoms with Crippen molar-refractivity contribution in [2.75, 3.05) is 0 Å². The van der Waals surface area contributed by atoms with Crippen LogP contribution in [0.3, 0.4) is 0 Å². The number of carbonyl (C=O) groups is 1. The molecule has 0 spiro atoms. The van der Waals surface area contributed by atoms with Crippen LogP contribution in [0.25, 0.3) is 23.1 Å². The molecule has 0 saturated carbocycles. The van der Waals surface area contributed by atoms with Crippen LogP contribution in [0.4, 0.5) is 4.39 Å². The van der Waals surface area contributed by atoms with Gasteiger partial charge in [0, 0.05) is 16.5 Å². The van der Waals surface area contributed by atoms with Gasteiger partial charge in [0.25, 0.3) is 0 Å². The van der Waals surface area contributed by atoms with E-state index < -0.39 is 5.97 Å². The standard InChI is InChI=1S/C18H12FNO2/c19-16-7-3-1-5-12(16)9-10-13-11-15(18(21)22)14-6-2-4-8-17(14)20-13/h1-11H,(H,21,22)/p-1/b10-9+. The molecule has 0 atom stereocenters. The minimum atomic E-state index is -1.26. The molecule has 1 aromatic heterocycles. The first-order valence-electron chi connectivity index (χ1n) is 6.69. The first kappa shape index (κ1) is 13.9. The fraction of sp³-hybridized carbons (Fsp3) is 0. The van der Waals surface area contributed by atoms with Crippen molar-refractivity contribution in [3.05, 3.63) is 77.2 Å². The van der Waals surface area contributed by atoms with Gasteiger partial charge in [-0.15, -0.1) is 0 Å². The summed E-state index contributed by atoms with van der Waals surface area (Å²) in [6.45, 7) is 0. The van der Waals surface area contributed by atoms with E-state index in [9.17, 15) is 14.3 Å². The molecule has 3 aromatic rings. The van der Waals surface area contributed by atoms with E-state index in [1.165, 1.54) is 12.1 Å². The Labute approximate surface area is 126 Å². The molecule has 3 nitrogen and oxygen atoms in total. The summed E-state index contributed by atoms with van der Waals surface area (Å²) in [5.74, 6) is -1.61.